The number of hydrogen-bond acceptors (Lipinski definition) is 2. The van der Waals surface area contributed by atoms with E-state index in [-0.39, 0.29) is 0 Å². The molecule has 0 aliphatic rings. The molecule has 2 N–H and O–H groups in total. The fraction of sp³-hybridized carbons (Fsp3) is 0.533. The van der Waals surface area contributed by atoms with Crippen molar-refractivity contribution >= 4 is 16.8 Å². The van der Waals surface area contributed by atoms with Crippen LogP contribution in [0.5, 0.6) is 0 Å². The van der Waals surface area contributed by atoms with E-state index in [2.05, 4.69) is 36.4 Å². The molecule has 2 unspecified atom stereocenters. The van der Waals surface area contributed by atoms with Crippen LogP contribution in [-0.2, 0) is 10.8 Å². The topological polar surface area (TPSA) is 53.5 Å². The van der Waals surface area contributed by atoms with Crippen molar-refractivity contribution in [2.75, 3.05) is 19.3 Å². The maximum Gasteiger partial charge on any atom is 0.191 e. The molecule has 20 heavy (non-hydrogen) atoms. The summed E-state index contributed by atoms with van der Waals surface area (Å²) in [7, 11) is 0.778. The molecule has 0 heterocycles. The van der Waals surface area contributed by atoms with Crippen molar-refractivity contribution in [1.29, 1.82) is 0 Å². The first-order chi connectivity index (χ1) is 9.54. The van der Waals surface area contributed by atoms with Gasteiger partial charge in [-0.1, -0.05) is 32.0 Å². The zero-order valence-corrected chi connectivity index (χ0v) is 13.5. The minimum atomic E-state index is -0.969. The van der Waals surface area contributed by atoms with Gasteiger partial charge < -0.3 is 10.6 Å². The molecular formula is C15H25N3OS. The Labute approximate surface area is 124 Å². The van der Waals surface area contributed by atoms with E-state index in [0.29, 0.717) is 24.3 Å². The van der Waals surface area contributed by atoms with Crippen molar-refractivity contribution in [2.45, 2.75) is 31.7 Å². The summed E-state index contributed by atoms with van der Waals surface area (Å²) in [6.45, 7) is 7.08. The van der Waals surface area contributed by atoms with Crippen LogP contribution in [0.25, 0.3) is 0 Å². The molecule has 0 radical (unpaired) electrons. The van der Waals surface area contributed by atoms with Gasteiger partial charge in [-0.05, 0) is 25.0 Å². The van der Waals surface area contributed by atoms with E-state index in [1.54, 1.807) is 7.05 Å². The maximum atomic E-state index is 12.1. The Morgan fingerprint density at radius 3 is 2.45 bits per heavy atom. The van der Waals surface area contributed by atoms with Gasteiger partial charge in [-0.3, -0.25) is 9.20 Å². The van der Waals surface area contributed by atoms with E-state index in [4.69, 9.17) is 0 Å². The SMILES string of the molecule is CN=C(NCCS(=O)c1ccccc1)NC(C)C(C)C. The average Bonchev–Trinajstić information content (AvgIpc) is 2.46. The Hall–Kier alpha value is -1.36. The summed E-state index contributed by atoms with van der Waals surface area (Å²) in [4.78, 5) is 5.04. The molecule has 0 aromatic heterocycles. The first kappa shape index (κ1) is 16.7. The molecule has 0 fully saturated rings. The Morgan fingerprint density at radius 1 is 1.25 bits per heavy atom. The summed E-state index contributed by atoms with van der Waals surface area (Å²) < 4.78 is 12.1. The molecule has 0 bridgehead atoms. The molecule has 0 saturated carbocycles. The summed E-state index contributed by atoms with van der Waals surface area (Å²) in [6, 6.07) is 9.88. The average molecular weight is 295 g/mol. The minimum absolute atomic E-state index is 0.348. The molecular weight excluding hydrogens is 270 g/mol. The predicted octanol–water partition coefficient (Wildman–Crippen LogP) is 2.00. The Kier molecular flexibility index (Phi) is 7.30. The predicted molar refractivity (Wildman–Crippen MR) is 86.5 cm³/mol. The van der Waals surface area contributed by atoms with Gasteiger partial charge >= 0.3 is 0 Å². The van der Waals surface area contributed by atoms with Crippen LogP contribution in [0.4, 0.5) is 0 Å². The monoisotopic (exact) mass is 295 g/mol. The molecule has 5 heteroatoms. The minimum Gasteiger partial charge on any atom is -0.355 e. The molecule has 1 aromatic carbocycles. The van der Waals surface area contributed by atoms with Gasteiger partial charge in [0.1, 0.15) is 0 Å². The van der Waals surface area contributed by atoms with Crippen molar-refractivity contribution in [3.8, 4) is 0 Å². The van der Waals surface area contributed by atoms with Crippen LogP contribution in [0.3, 0.4) is 0 Å². The molecule has 0 saturated heterocycles. The normalized spacial score (nSPS) is 14.9. The van der Waals surface area contributed by atoms with Gasteiger partial charge in [0.05, 0.1) is 10.8 Å². The Balaban J connectivity index is 2.37. The highest BCUT2D eigenvalue weighted by Crippen LogP contribution is 2.04. The van der Waals surface area contributed by atoms with Gasteiger partial charge in [-0.2, -0.15) is 0 Å². The van der Waals surface area contributed by atoms with E-state index in [1.807, 2.05) is 30.3 Å². The van der Waals surface area contributed by atoms with E-state index in [9.17, 15) is 4.21 Å². The highest BCUT2D eigenvalue weighted by molar-refractivity contribution is 7.85. The lowest BCUT2D eigenvalue weighted by atomic mass is 10.1. The zero-order chi connectivity index (χ0) is 15.0. The van der Waals surface area contributed by atoms with Crippen LogP contribution in [0.15, 0.2) is 40.2 Å². The highest BCUT2D eigenvalue weighted by Gasteiger charge is 2.09. The second-order valence-corrected chi connectivity index (χ2v) is 6.61. The number of hydrogen-bond donors (Lipinski definition) is 2. The molecule has 0 aliphatic heterocycles. The number of guanidine groups is 1. The zero-order valence-electron chi connectivity index (χ0n) is 12.7. The van der Waals surface area contributed by atoms with E-state index in [1.165, 1.54) is 0 Å². The Bertz CT molecular complexity index is 446. The quantitative estimate of drug-likeness (QED) is 0.623. The summed E-state index contributed by atoms with van der Waals surface area (Å²) in [6.07, 6.45) is 0. The smallest absolute Gasteiger partial charge is 0.191 e. The Morgan fingerprint density at radius 2 is 1.90 bits per heavy atom. The van der Waals surface area contributed by atoms with Crippen LogP contribution in [0.2, 0.25) is 0 Å². The van der Waals surface area contributed by atoms with Gasteiger partial charge in [0.15, 0.2) is 5.96 Å². The summed E-state index contributed by atoms with van der Waals surface area (Å²) in [5.74, 6) is 1.86. The van der Waals surface area contributed by atoms with Gasteiger partial charge in [0.2, 0.25) is 0 Å². The van der Waals surface area contributed by atoms with E-state index >= 15 is 0 Å². The van der Waals surface area contributed by atoms with Crippen LogP contribution < -0.4 is 10.6 Å². The maximum absolute atomic E-state index is 12.1. The van der Waals surface area contributed by atoms with Crippen molar-refractivity contribution in [3.05, 3.63) is 30.3 Å². The number of nitrogens with one attached hydrogen (secondary N) is 2. The fourth-order valence-corrected chi connectivity index (χ4v) is 2.51. The molecule has 0 amide bonds. The largest absolute Gasteiger partial charge is 0.355 e. The first-order valence-electron chi connectivity index (χ1n) is 6.95. The lowest BCUT2D eigenvalue weighted by molar-refractivity contribution is 0.481. The number of benzene rings is 1. The molecule has 1 rings (SSSR count). The van der Waals surface area contributed by atoms with Gasteiger partial charge in [0.25, 0.3) is 0 Å². The van der Waals surface area contributed by atoms with Gasteiger partial charge in [-0.15, -0.1) is 0 Å². The van der Waals surface area contributed by atoms with Gasteiger partial charge in [0, 0.05) is 30.3 Å². The summed E-state index contributed by atoms with van der Waals surface area (Å²) in [5, 5.41) is 6.52. The third-order valence-corrected chi connectivity index (χ3v) is 4.55. The van der Waals surface area contributed by atoms with Crippen molar-refractivity contribution in [2.24, 2.45) is 10.9 Å². The van der Waals surface area contributed by atoms with Crippen LogP contribution in [0, 0.1) is 5.92 Å². The van der Waals surface area contributed by atoms with Crippen LogP contribution >= 0.6 is 0 Å². The van der Waals surface area contributed by atoms with E-state index in [0.717, 1.165) is 10.9 Å². The van der Waals surface area contributed by atoms with Crippen LogP contribution in [0.1, 0.15) is 20.8 Å². The summed E-state index contributed by atoms with van der Waals surface area (Å²) >= 11 is 0. The third-order valence-electron chi connectivity index (χ3n) is 3.17. The van der Waals surface area contributed by atoms with Crippen molar-refractivity contribution < 1.29 is 4.21 Å². The lowest BCUT2D eigenvalue weighted by Gasteiger charge is -2.20. The molecule has 2 atom stereocenters. The lowest BCUT2D eigenvalue weighted by Crippen LogP contribution is -2.45. The number of aliphatic imine (C=N–C) groups is 1. The molecule has 4 nitrogen and oxygen atoms in total. The molecule has 112 valence electrons. The highest BCUT2D eigenvalue weighted by atomic mass is 32.2. The molecule has 0 aliphatic carbocycles. The number of rotatable bonds is 6. The number of nitrogens with zero attached hydrogens (tertiary/aromatic N) is 1. The summed E-state index contributed by atoms with van der Waals surface area (Å²) in [5.41, 5.74) is 0. The third kappa shape index (κ3) is 5.74. The van der Waals surface area contributed by atoms with Crippen LogP contribution in [-0.4, -0.2) is 35.6 Å². The first-order valence-corrected chi connectivity index (χ1v) is 8.27. The second kappa shape index (κ2) is 8.74. The molecule has 1 aromatic rings. The van der Waals surface area contributed by atoms with Crippen molar-refractivity contribution in [3.63, 3.8) is 0 Å². The van der Waals surface area contributed by atoms with E-state index < -0.39 is 10.8 Å². The second-order valence-electron chi connectivity index (χ2n) is 5.04. The standard InChI is InChI=1S/C15H25N3OS/c1-12(2)13(3)18-15(16-4)17-10-11-20(19)14-8-6-5-7-9-14/h5-9,12-13H,10-11H2,1-4H3,(H2,16,17,18). The van der Waals surface area contributed by atoms with Crippen molar-refractivity contribution in [1.82, 2.24) is 10.6 Å². The van der Waals surface area contributed by atoms with Gasteiger partial charge in [-0.25, -0.2) is 0 Å². The molecule has 0 spiro atoms. The fourth-order valence-electron chi connectivity index (χ4n) is 1.53.